The topological polar surface area (TPSA) is 83.6 Å². The molecule has 3 N–H and O–H groups in total. The molecule has 0 saturated carbocycles. The van der Waals surface area contributed by atoms with Crippen LogP contribution < -0.4 is 14.8 Å². The van der Waals surface area contributed by atoms with E-state index in [4.69, 9.17) is 9.47 Å². The third kappa shape index (κ3) is 4.71. The maximum absolute atomic E-state index is 13.2. The summed E-state index contributed by atoms with van der Waals surface area (Å²) in [5, 5.41) is 14.6. The van der Waals surface area contributed by atoms with Crippen molar-refractivity contribution in [2.24, 2.45) is 0 Å². The molecule has 3 aromatic carbocycles. The van der Waals surface area contributed by atoms with E-state index >= 15 is 0 Å². The molecule has 0 spiro atoms. The van der Waals surface area contributed by atoms with Crippen LogP contribution in [0.5, 0.6) is 11.5 Å². The standard InChI is InChI=1S/C27H28N2O4/c1-4-33-25-14-11-19(18-9-12-20(32-3)13-10-18)15-22(25)27(31)29-26(30)17(2)23-16-28-24-8-6-5-7-21(23)24/h5-17,26,28,30H,4H2,1-3H3,(H,29,31)/t17?,26-/m1/s1. The molecule has 0 fully saturated rings. The average molecular weight is 445 g/mol. The highest BCUT2D eigenvalue weighted by atomic mass is 16.5. The maximum Gasteiger partial charge on any atom is 0.257 e. The van der Waals surface area contributed by atoms with Crippen LogP contribution in [0.15, 0.2) is 72.9 Å². The Kier molecular flexibility index (Phi) is 6.66. The van der Waals surface area contributed by atoms with E-state index in [1.54, 1.807) is 19.2 Å². The number of benzene rings is 3. The van der Waals surface area contributed by atoms with Gasteiger partial charge in [0.25, 0.3) is 5.91 Å². The van der Waals surface area contributed by atoms with Gasteiger partial charge in [0.15, 0.2) is 0 Å². The highest BCUT2D eigenvalue weighted by molar-refractivity contribution is 5.98. The number of carbonyl (C=O) groups is 1. The van der Waals surface area contributed by atoms with Crippen LogP contribution in [0.4, 0.5) is 0 Å². The highest BCUT2D eigenvalue weighted by Crippen LogP contribution is 2.30. The summed E-state index contributed by atoms with van der Waals surface area (Å²) in [4.78, 5) is 16.4. The summed E-state index contributed by atoms with van der Waals surface area (Å²) in [5.74, 6) is 0.523. The molecule has 4 aromatic rings. The second-order valence-corrected chi connectivity index (χ2v) is 7.87. The Labute approximate surface area is 193 Å². The summed E-state index contributed by atoms with van der Waals surface area (Å²) in [6.45, 7) is 4.18. The number of aromatic amines is 1. The lowest BCUT2D eigenvalue weighted by Crippen LogP contribution is -2.38. The molecule has 1 amide bonds. The quantitative estimate of drug-likeness (QED) is 0.331. The Hall–Kier alpha value is -3.77. The Morgan fingerprint density at radius 1 is 1.06 bits per heavy atom. The van der Waals surface area contributed by atoms with Crippen LogP contribution >= 0.6 is 0 Å². The van der Waals surface area contributed by atoms with Crippen LogP contribution in [0, 0.1) is 0 Å². The van der Waals surface area contributed by atoms with Gasteiger partial charge in [0.1, 0.15) is 17.7 Å². The van der Waals surface area contributed by atoms with Crippen molar-refractivity contribution in [1.29, 1.82) is 0 Å². The van der Waals surface area contributed by atoms with Gasteiger partial charge in [-0.15, -0.1) is 0 Å². The van der Waals surface area contributed by atoms with Crippen molar-refractivity contribution in [3.05, 3.63) is 84.1 Å². The minimum atomic E-state index is -1.07. The zero-order chi connectivity index (χ0) is 23.4. The highest BCUT2D eigenvalue weighted by Gasteiger charge is 2.23. The Balaban J connectivity index is 1.59. The average Bonchev–Trinajstić information content (AvgIpc) is 3.28. The van der Waals surface area contributed by atoms with Crippen LogP contribution in [-0.2, 0) is 0 Å². The number of methoxy groups -OCH3 is 1. The first-order valence-electron chi connectivity index (χ1n) is 11.0. The lowest BCUT2D eigenvalue weighted by atomic mass is 9.98. The van der Waals surface area contributed by atoms with Gasteiger partial charge in [-0.25, -0.2) is 0 Å². The number of aliphatic hydroxyl groups is 1. The number of rotatable bonds is 8. The van der Waals surface area contributed by atoms with Gasteiger partial charge in [-0.05, 0) is 53.9 Å². The van der Waals surface area contributed by atoms with Crippen LogP contribution in [0.1, 0.15) is 35.7 Å². The van der Waals surface area contributed by atoms with E-state index in [9.17, 15) is 9.90 Å². The van der Waals surface area contributed by atoms with Gasteiger partial charge in [0, 0.05) is 23.0 Å². The maximum atomic E-state index is 13.2. The molecule has 0 aliphatic carbocycles. The number of nitrogens with one attached hydrogen (secondary N) is 2. The largest absolute Gasteiger partial charge is 0.497 e. The monoisotopic (exact) mass is 444 g/mol. The molecular formula is C27H28N2O4. The molecule has 33 heavy (non-hydrogen) atoms. The van der Waals surface area contributed by atoms with Crippen LogP contribution in [0.25, 0.3) is 22.0 Å². The fraction of sp³-hybridized carbons (Fsp3) is 0.222. The van der Waals surface area contributed by atoms with Gasteiger partial charge in [0.05, 0.1) is 19.3 Å². The Morgan fingerprint density at radius 2 is 1.79 bits per heavy atom. The van der Waals surface area contributed by atoms with Crippen LogP contribution in [-0.4, -0.2) is 35.9 Å². The van der Waals surface area contributed by atoms with E-state index in [-0.39, 0.29) is 5.92 Å². The van der Waals surface area contributed by atoms with Crippen molar-refractivity contribution in [3.63, 3.8) is 0 Å². The van der Waals surface area contributed by atoms with Crippen LogP contribution in [0.2, 0.25) is 0 Å². The van der Waals surface area contributed by atoms with Gasteiger partial charge < -0.3 is 24.9 Å². The van der Waals surface area contributed by atoms with Crippen molar-refractivity contribution in [2.75, 3.05) is 13.7 Å². The van der Waals surface area contributed by atoms with Gasteiger partial charge >= 0.3 is 0 Å². The van der Waals surface area contributed by atoms with E-state index in [0.717, 1.165) is 33.3 Å². The Bertz CT molecular complexity index is 1250. The zero-order valence-electron chi connectivity index (χ0n) is 19.0. The molecule has 4 rings (SSSR count). The van der Waals surface area contributed by atoms with Crippen molar-refractivity contribution >= 4 is 16.8 Å². The lowest BCUT2D eigenvalue weighted by Gasteiger charge is -2.21. The lowest BCUT2D eigenvalue weighted by molar-refractivity contribution is 0.0725. The van der Waals surface area contributed by atoms with Crippen molar-refractivity contribution in [2.45, 2.75) is 26.0 Å². The van der Waals surface area contributed by atoms with E-state index in [2.05, 4.69) is 10.3 Å². The van der Waals surface area contributed by atoms with Crippen LogP contribution in [0.3, 0.4) is 0 Å². The fourth-order valence-electron chi connectivity index (χ4n) is 3.93. The first-order chi connectivity index (χ1) is 16.0. The van der Waals surface area contributed by atoms with Gasteiger partial charge in [0.2, 0.25) is 0 Å². The predicted molar refractivity (Wildman–Crippen MR) is 130 cm³/mol. The normalized spacial score (nSPS) is 12.8. The van der Waals surface area contributed by atoms with Gasteiger partial charge in [-0.1, -0.05) is 43.3 Å². The Morgan fingerprint density at radius 3 is 2.52 bits per heavy atom. The molecule has 0 radical (unpaired) electrons. The number of fused-ring (bicyclic) bond motifs is 1. The number of para-hydroxylation sites is 1. The summed E-state index contributed by atoms with van der Waals surface area (Å²) in [7, 11) is 1.62. The third-order valence-electron chi connectivity index (χ3n) is 5.81. The number of carbonyl (C=O) groups excluding carboxylic acids is 1. The second kappa shape index (κ2) is 9.79. The minimum Gasteiger partial charge on any atom is -0.497 e. The molecular weight excluding hydrogens is 416 g/mol. The molecule has 0 aliphatic rings. The summed E-state index contributed by atoms with van der Waals surface area (Å²) in [6.07, 6.45) is 0.802. The molecule has 1 aromatic heterocycles. The van der Waals surface area contributed by atoms with Crippen molar-refractivity contribution in [1.82, 2.24) is 10.3 Å². The molecule has 1 unspecified atom stereocenters. The zero-order valence-corrected chi connectivity index (χ0v) is 19.0. The first-order valence-corrected chi connectivity index (χ1v) is 11.0. The number of H-pyrrole nitrogens is 1. The summed E-state index contributed by atoms with van der Waals surface area (Å²) in [5.41, 5.74) is 4.11. The number of aromatic nitrogens is 1. The van der Waals surface area contributed by atoms with Gasteiger partial charge in [-0.2, -0.15) is 0 Å². The predicted octanol–water partition coefficient (Wildman–Crippen LogP) is 5.09. The smallest absolute Gasteiger partial charge is 0.257 e. The molecule has 6 nitrogen and oxygen atoms in total. The molecule has 2 atom stereocenters. The summed E-state index contributed by atoms with van der Waals surface area (Å²) in [6, 6.07) is 21.0. The SMILES string of the molecule is CCOc1ccc(-c2ccc(OC)cc2)cc1C(=O)N[C@H](O)C(C)c1c[nH]c2ccccc12. The molecule has 0 bridgehead atoms. The molecule has 0 saturated heterocycles. The fourth-order valence-corrected chi connectivity index (χ4v) is 3.93. The number of hydrogen-bond donors (Lipinski definition) is 3. The molecule has 1 heterocycles. The van der Waals surface area contributed by atoms with E-state index in [0.29, 0.717) is 17.9 Å². The number of hydrogen-bond acceptors (Lipinski definition) is 4. The van der Waals surface area contributed by atoms with Crippen molar-refractivity contribution in [3.8, 4) is 22.6 Å². The second-order valence-electron chi connectivity index (χ2n) is 7.87. The molecule has 0 aliphatic heterocycles. The van der Waals surface area contributed by atoms with E-state index < -0.39 is 12.1 Å². The third-order valence-corrected chi connectivity index (χ3v) is 5.81. The van der Waals surface area contributed by atoms with Gasteiger partial charge in [-0.3, -0.25) is 4.79 Å². The van der Waals surface area contributed by atoms with E-state index in [1.165, 1.54) is 0 Å². The number of amides is 1. The molecule has 6 heteroatoms. The van der Waals surface area contributed by atoms with Crippen molar-refractivity contribution < 1.29 is 19.4 Å². The number of aliphatic hydroxyl groups excluding tert-OH is 1. The summed E-state index contributed by atoms with van der Waals surface area (Å²) >= 11 is 0. The summed E-state index contributed by atoms with van der Waals surface area (Å²) < 4.78 is 10.9. The minimum absolute atomic E-state index is 0.314. The van der Waals surface area contributed by atoms with E-state index in [1.807, 2.05) is 74.6 Å². The number of ether oxygens (including phenoxy) is 2. The first kappa shape index (κ1) is 22.4. The molecule has 170 valence electrons.